The Morgan fingerprint density at radius 1 is 0.150 bits per heavy atom. The molecule has 0 amide bonds. The van der Waals surface area contributed by atoms with E-state index in [1.807, 2.05) is 0 Å². The van der Waals surface area contributed by atoms with E-state index in [2.05, 4.69) is 467 Å². The van der Waals surface area contributed by atoms with Crippen LogP contribution in [0.25, 0.3) is 298 Å². The Hall–Kier alpha value is -19.0. The summed E-state index contributed by atoms with van der Waals surface area (Å²) in [6, 6.07) is 161. The minimum Gasteiger partial charge on any atom is -0.456 e. The highest BCUT2D eigenvalue weighted by atomic mass is 16.3. The van der Waals surface area contributed by atoms with Gasteiger partial charge in [-0.25, -0.2) is 29.9 Å². The number of hydrogen-bond acceptors (Lipinski definition) is 8. The second-order valence-electron chi connectivity index (χ2n) is 36.6. The molecule has 12 nitrogen and oxygen atoms in total. The molecule has 8 aromatic heterocycles. The number of benzene rings is 22. The van der Waals surface area contributed by atoms with Crippen LogP contribution in [0.5, 0.6) is 0 Å². The van der Waals surface area contributed by atoms with Crippen LogP contribution in [0.2, 0.25) is 0 Å². The maximum atomic E-state index is 7.41. The Morgan fingerprint density at radius 2 is 0.479 bits per heavy atom. The zero-order valence-corrected chi connectivity index (χ0v) is 75.0. The van der Waals surface area contributed by atoms with E-state index in [1.165, 1.54) is 0 Å². The van der Waals surface area contributed by atoms with Gasteiger partial charge in [-0.3, -0.25) is 0 Å². The van der Waals surface area contributed by atoms with E-state index in [0.717, 1.165) is 258 Å². The van der Waals surface area contributed by atoms with Gasteiger partial charge in [0.05, 0.1) is 55.5 Å². The molecule has 30 rings (SSSR count). The van der Waals surface area contributed by atoms with Crippen LogP contribution in [0.15, 0.2) is 458 Å². The predicted octanol–water partition coefficient (Wildman–Crippen LogP) is 33.3. The molecule has 0 aliphatic rings. The molecule has 0 bridgehead atoms. The summed E-state index contributed by atoms with van der Waals surface area (Å²) < 4.78 is 24.0. The molecule has 140 heavy (non-hydrogen) atoms. The Kier molecular flexibility index (Phi) is 16.7. The largest absolute Gasteiger partial charge is 0.456 e. The smallest absolute Gasteiger partial charge is 0.166 e. The number of furan rings is 2. The van der Waals surface area contributed by atoms with Crippen molar-refractivity contribution in [2.24, 2.45) is 0 Å². The van der Waals surface area contributed by atoms with Crippen molar-refractivity contribution in [3.05, 3.63) is 449 Å². The van der Waals surface area contributed by atoms with Gasteiger partial charge < -0.3 is 27.1 Å². The molecule has 30 aromatic rings. The molecule has 0 saturated carbocycles. The van der Waals surface area contributed by atoms with Crippen LogP contribution in [0.3, 0.4) is 0 Å². The molecule has 648 valence electrons. The molecule has 8 heterocycles. The lowest BCUT2D eigenvalue weighted by atomic mass is 9.91. The highest BCUT2D eigenvalue weighted by Crippen LogP contribution is 2.51. The lowest BCUT2D eigenvalue weighted by Gasteiger charge is -2.16. The first kappa shape index (κ1) is 77.4. The molecular weight excluding hydrogens is 1710 g/mol. The molecule has 0 spiro atoms. The van der Waals surface area contributed by atoms with Gasteiger partial charge in [-0.15, -0.1) is 0 Å². The van der Waals surface area contributed by atoms with Crippen LogP contribution in [-0.4, -0.2) is 48.2 Å². The Balaban J connectivity index is 0.649. The van der Waals surface area contributed by atoms with Gasteiger partial charge in [-0.05, 0) is 191 Å². The van der Waals surface area contributed by atoms with Crippen LogP contribution in [0.4, 0.5) is 0 Å². The fourth-order valence-electron chi connectivity index (χ4n) is 22.7. The predicted molar refractivity (Wildman–Crippen MR) is 576 cm³/mol. The van der Waals surface area contributed by atoms with E-state index in [1.54, 1.807) is 0 Å². The topological polar surface area (TPSA) is 123 Å². The lowest BCUT2D eigenvalue weighted by Crippen LogP contribution is -2.04. The third-order valence-electron chi connectivity index (χ3n) is 29.0. The van der Waals surface area contributed by atoms with Crippen molar-refractivity contribution in [2.75, 3.05) is 0 Å². The minimum absolute atomic E-state index is 0.496. The number of rotatable bonds is 12. The van der Waals surface area contributed by atoms with Gasteiger partial charge >= 0.3 is 0 Å². The van der Waals surface area contributed by atoms with E-state index in [-0.39, 0.29) is 0 Å². The number of aromatic nitrogens is 10. The average molecular weight is 1780 g/mol. The zero-order valence-electron chi connectivity index (χ0n) is 75.0. The highest BCUT2D eigenvalue weighted by molar-refractivity contribution is 6.25. The van der Waals surface area contributed by atoms with E-state index in [9.17, 15) is 0 Å². The zero-order chi connectivity index (χ0) is 91.5. The number of fused-ring (bicyclic) bond motifs is 24. The molecule has 0 atom stereocenters. The SMILES string of the molecule is c1ccc(-c2ccc(-c3nc(-c4cc5c(cc4-n4c6ccccc6c6cc7ccccc7cc64)oc4ccc6c(-c7cccc8c(-c9nc(-c%10cc%11c(cc%10-n%10c%12ccccc%12c%12cc%13ccccc%13cc%12%10)oc%10cc%12ccccc%12cc%10%11)nc(-c%10cccc%11c%10c%10ccccc%10n%11-c%10ccccc%10)n9)cccc78)cccc6c45)nc(-c4cccc5c4c4ccccc4n5-c4ccccc4)n3)cc2)cc1. The van der Waals surface area contributed by atoms with Crippen LogP contribution < -0.4 is 0 Å². The summed E-state index contributed by atoms with van der Waals surface area (Å²) >= 11 is 0. The van der Waals surface area contributed by atoms with Gasteiger partial charge in [-0.1, -0.05) is 322 Å². The molecule has 12 heteroatoms. The third-order valence-corrected chi connectivity index (χ3v) is 29.0. The summed E-state index contributed by atoms with van der Waals surface area (Å²) in [7, 11) is 0. The monoisotopic (exact) mass is 1780 g/mol. The quantitative estimate of drug-likeness (QED) is 0.118. The average Bonchev–Trinajstić information content (AvgIpc) is 1.53. The van der Waals surface area contributed by atoms with Gasteiger partial charge in [0.2, 0.25) is 0 Å². The fourth-order valence-corrected chi connectivity index (χ4v) is 22.7. The first-order chi connectivity index (χ1) is 69.4. The Morgan fingerprint density at radius 3 is 1.00 bits per heavy atom. The maximum absolute atomic E-state index is 7.41. The minimum atomic E-state index is 0.496. The number of hydrogen-bond donors (Lipinski definition) is 0. The molecule has 0 fully saturated rings. The van der Waals surface area contributed by atoms with Gasteiger partial charge in [0, 0.05) is 122 Å². The molecule has 0 saturated heterocycles. The first-order valence-corrected chi connectivity index (χ1v) is 47.4. The summed E-state index contributed by atoms with van der Waals surface area (Å²) in [6.45, 7) is 0. The van der Waals surface area contributed by atoms with Gasteiger partial charge in [0.25, 0.3) is 0 Å². The van der Waals surface area contributed by atoms with E-state index in [0.29, 0.717) is 40.5 Å². The summed E-state index contributed by atoms with van der Waals surface area (Å²) in [5.74, 6) is 3.10. The van der Waals surface area contributed by atoms with E-state index >= 15 is 0 Å². The molecule has 0 radical (unpaired) electrons. The summed E-state index contributed by atoms with van der Waals surface area (Å²) in [5.41, 5.74) is 24.4. The second kappa shape index (κ2) is 30.2. The van der Waals surface area contributed by atoms with Crippen LogP contribution in [0, 0.1) is 0 Å². The highest BCUT2D eigenvalue weighted by Gasteiger charge is 2.30. The van der Waals surface area contributed by atoms with E-state index < -0.39 is 0 Å². The maximum Gasteiger partial charge on any atom is 0.166 e. The summed E-state index contributed by atoms with van der Waals surface area (Å²) in [4.78, 5) is 35.0. The van der Waals surface area contributed by atoms with E-state index in [4.69, 9.17) is 38.7 Å². The third kappa shape index (κ3) is 11.8. The first-order valence-electron chi connectivity index (χ1n) is 47.4. The van der Waals surface area contributed by atoms with Crippen LogP contribution in [0.1, 0.15) is 0 Å². The summed E-state index contributed by atoms with van der Waals surface area (Å²) in [6.07, 6.45) is 0. The van der Waals surface area contributed by atoms with Gasteiger partial charge in [0.15, 0.2) is 34.9 Å². The molecule has 22 aromatic carbocycles. The molecule has 0 N–H and O–H groups in total. The van der Waals surface area contributed by atoms with Gasteiger partial charge in [-0.2, -0.15) is 0 Å². The Bertz CT molecular complexity index is 10600. The standard InChI is InChI=1S/C128H74N10O2/c1-4-29-75(30-5-1)76-59-61-77(62-60-76)123-129-125(97-51-27-57-110-120(97)95-43-18-22-55-108(95)135(110)84-37-6-2-7-38-84)133-127(130-123)104-72-105-119(74-115(104)138-107-54-21-17-42-92(107)100-66-79-32-11-14-35-82(79)69-113(100)138)139-116-64-63-90-88(46-25-49-93(90)122(105)116)86-45-24-48-89-87(86)47-26-50-94(89)124-131-126(98-52-28-58-111-121(98)96-44-19-23-56-109(96)136(111)85-39-8-3-9-40-85)134-128(132-124)103-71-102-101-67-80-33-12-15-36-83(80)70-117(101)140-118(102)73-114(103)137-106-53-20-16-41-91(106)99-65-78-31-10-13-34-81(78)68-112(99)137/h1-74H. The van der Waals surface area contributed by atoms with Crippen molar-refractivity contribution in [3.63, 3.8) is 0 Å². The molecule has 0 aliphatic carbocycles. The number of para-hydroxylation sites is 6. The van der Waals surface area contributed by atoms with Crippen molar-refractivity contribution >= 4 is 185 Å². The molecule has 0 unspecified atom stereocenters. The summed E-state index contributed by atoms with van der Waals surface area (Å²) in [5, 5.41) is 23.3. The second-order valence-corrected chi connectivity index (χ2v) is 36.6. The van der Waals surface area contributed by atoms with Crippen molar-refractivity contribution < 1.29 is 8.83 Å². The van der Waals surface area contributed by atoms with Crippen molar-refractivity contribution in [1.82, 2.24) is 48.2 Å². The van der Waals surface area contributed by atoms with Crippen LogP contribution >= 0.6 is 0 Å². The van der Waals surface area contributed by atoms with Crippen LogP contribution in [-0.2, 0) is 0 Å². The van der Waals surface area contributed by atoms with Crippen molar-refractivity contribution in [3.8, 4) is 113 Å². The molecular formula is C128H74N10O2. The normalized spacial score (nSPS) is 12.1. The van der Waals surface area contributed by atoms with Crippen molar-refractivity contribution in [2.45, 2.75) is 0 Å². The van der Waals surface area contributed by atoms with Gasteiger partial charge in [0.1, 0.15) is 22.3 Å². The molecule has 0 aliphatic heterocycles. The lowest BCUT2D eigenvalue weighted by molar-refractivity contribution is 0.668. The van der Waals surface area contributed by atoms with Crippen molar-refractivity contribution in [1.29, 1.82) is 0 Å². The Labute approximate surface area is 798 Å². The number of nitrogens with zero attached hydrogens (tertiary/aromatic N) is 10. The fraction of sp³-hybridized carbons (Fsp3) is 0.